The van der Waals surface area contributed by atoms with E-state index in [1.165, 1.54) is 32.8 Å². The van der Waals surface area contributed by atoms with Crippen LogP contribution in [0.15, 0.2) is 64.4 Å². The van der Waals surface area contributed by atoms with Crippen molar-refractivity contribution in [2.75, 3.05) is 21.2 Å². The zero-order chi connectivity index (χ0) is 23.2. The van der Waals surface area contributed by atoms with E-state index in [1.807, 2.05) is 13.0 Å². The van der Waals surface area contributed by atoms with Crippen LogP contribution < -0.4 is 9.92 Å². The van der Waals surface area contributed by atoms with Crippen molar-refractivity contribution in [1.29, 1.82) is 0 Å². The third-order valence-corrected chi connectivity index (χ3v) is 9.94. The van der Waals surface area contributed by atoms with Crippen molar-refractivity contribution >= 4 is 30.2 Å². The van der Waals surface area contributed by atoms with Crippen LogP contribution in [0.3, 0.4) is 0 Å². The Hall–Kier alpha value is -3.34. The molecule has 0 N–H and O–H groups in total. The number of fused-ring (bicyclic) bond motifs is 2. The number of aryl methyl sites for hydroxylation is 2. The third kappa shape index (κ3) is 3.42. The average molecular weight is 442 g/mol. The summed E-state index contributed by atoms with van der Waals surface area (Å²) in [7, 11) is 3.84. The molecule has 2 aliphatic rings. The monoisotopic (exact) mass is 441 g/mol. The lowest BCUT2D eigenvalue weighted by Gasteiger charge is -2.38. The van der Waals surface area contributed by atoms with Gasteiger partial charge in [-0.3, -0.25) is 0 Å². The topological polar surface area (TPSA) is 61.0 Å². The molecule has 5 nitrogen and oxygen atoms in total. The van der Waals surface area contributed by atoms with Crippen LogP contribution in [0.25, 0.3) is 16.0 Å². The fourth-order valence-corrected chi connectivity index (χ4v) is 7.95. The van der Waals surface area contributed by atoms with Gasteiger partial charge < -0.3 is 4.74 Å². The van der Waals surface area contributed by atoms with Crippen LogP contribution in [0, 0.1) is 13.8 Å². The maximum atomic E-state index is 9.13. The van der Waals surface area contributed by atoms with Gasteiger partial charge in [0.05, 0.1) is 12.8 Å². The Balaban J connectivity index is 2.17. The molecule has 0 saturated carbocycles. The molecule has 0 radical (unpaired) electrons. The molecule has 6 heteroatoms. The maximum Gasteiger partial charge on any atom is 0.199 e. The van der Waals surface area contributed by atoms with Crippen LogP contribution in [0.4, 0.5) is 5.69 Å². The molecule has 2 aromatic rings. The molecule has 0 bridgehead atoms. The molecule has 1 heterocycles. The highest BCUT2D eigenvalue weighted by molar-refractivity contribution is 6.98. The van der Waals surface area contributed by atoms with Crippen LogP contribution in [0.5, 0.6) is 5.75 Å². The minimum Gasteiger partial charge on any atom is -0.496 e. The molecule has 32 heavy (non-hydrogen) atoms. The Kier molecular flexibility index (Phi) is 5.45. The van der Waals surface area contributed by atoms with Gasteiger partial charge in [-0.15, -0.1) is 0 Å². The fraction of sp³-hybridized carbons (Fsp3) is 0.269. The van der Waals surface area contributed by atoms with Gasteiger partial charge in [0, 0.05) is 22.6 Å². The number of ether oxygens (including phenoxy) is 1. The summed E-state index contributed by atoms with van der Waals surface area (Å²) in [6.45, 7) is 9.04. The van der Waals surface area contributed by atoms with Crippen molar-refractivity contribution in [3.8, 4) is 5.75 Å². The van der Waals surface area contributed by atoms with E-state index in [9.17, 15) is 0 Å². The average Bonchev–Trinajstić information content (AvgIpc) is 2.74. The highest BCUT2D eigenvalue weighted by Crippen LogP contribution is 2.46. The van der Waals surface area contributed by atoms with E-state index in [0.717, 1.165) is 16.7 Å². The normalized spacial score (nSPS) is 16.1. The molecule has 0 atom stereocenters. The Morgan fingerprint density at radius 1 is 1.00 bits per heavy atom. The van der Waals surface area contributed by atoms with Crippen molar-refractivity contribution in [3.63, 3.8) is 0 Å². The quantitative estimate of drug-likeness (QED) is 0.197. The Labute approximate surface area is 190 Å². The number of benzene rings is 2. The number of hydrogen-bond acceptors (Lipinski definition) is 2. The number of rotatable bonds is 3. The SMILES string of the molecule is COc1c(N=[N+]=[N-])cc(C)cc1C1=C2C=CC(=[N+](C)C)C=C2[Si](C)(C)c2cc(C)ccc21. The van der Waals surface area contributed by atoms with Crippen LogP contribution in [-0.2, 0) is 0 Å². The summed E-state index contributed by atoms with van der Waals surface area (Å²) >= 11 is 0. The molecule has 0 fully saturated rings. The first-order chi connectivity index (χ1) is 15.2. The lowest BCUT2D eigenvalue weighted by molar-refractivity contribution is -0.462. The highest BCUT2D eigenvalue weighted by atomic mass is 28.3. The zero-order valence-electron chi connectivity index (χ0n) is 19.8. The first kappa shape index (κ1) is 21.9. The minimum atomic E-state index is -1.96. The highest BCUT2D eigenvalue weighted by Gasteiger charge is 2.40. The standard InChI is InChI=1S/C26H29N4OSi/c1-16-8-10-19-23(14-16)32(6,7)24-15-18(30(3)4)9-11-20(24)25(19)21-12-17(2)13-22(28-29-27)26(21)31-5/h8-15H,1-7H3/q+1. The predicted molar refractivity (Wildman–Crippen MR) is 135 cm³/mol. The van der Waals surface area contributed by atoms with E-state index in [2.05, 4.69) is 91.2 Å². The number of allylic oxidation sites excluding steroid dienone is 5. The van der Waals surface area contributed by atoms with Gasteiger partial charge in [0.1, 0.15) is 27.9 Å². The van der Waals surface area contributed by atoms with Crippen molar-refractivity contribution in [2.24, 2.45) is 5.11 Å². The first-order valence-electron chi connectivity index (χ1n) is 10.7. The summed E-state index contributed by atoms with van der Waals surface area (Å²) in [5.41, 5.74) is 17.7. The lowest BCUT2D eigenvalue weighted by Crippen LogP contribution is -2.49. The number of hydrogen-bond donors (Lipinski definition) is 0. The van der Waals surface area contributed by atoms with Gasteiger partial charge in [-0.25, -0.2) is 4.58 Å². The van der Waals surface area contributed by atoms with E-state index in [1.54, 1.807) is 7.11 Å². The summed E-state index contributed by atoms with van der Waals surface area (Å²) in [4.78, 5) is 3.03. The van der Waals surface area contributed by atoms with E-state index < -0.39 is 8.07 Å². The van der Waals surface area contributed by atoms with Gasteiger partial charge in [-0.05, 0) is 70.2 Å². The molecule has 1 aliphatic carbocycles. The van der Waals surface area contributed by atoms with Crippen molar-refractivity contribution < 1.29 is 9.31 Å². The lowest BCUT2D eigenvalue weighted by atomic mass is 9.88. The van der Waals surface area contributed by atoms with Gasteiger partial charge in [0.15, 0.2) is 5.71 Å². The second-order valence-electron chi connectivity index (χ2n) is 9.23. The second-order valence-corrected chi connectivity index (χ2v) is 13.6. The molecule has 2 aromatic carbocycles. The Morgan fingerprint density at radius 3 is 2.41 bits per heavy atom. The van der Waals surface area contributed by atoms with E-state index in [-0.39, 0.29) is 0 Å². The van der Waals surface area contributed by atoms with Crippen molar-refractivity contribution in [3.05, 3.63) is 92.0 Å². The predicted octanol–water partition coefficient (Wildman–Crippen LogP) is 5.73. The van der Waals surface area contributed by atoms with Crippen LogP contribution in [-0.4, -0.2) is 39.6 Å². The summed E-state index contributed by atoms with van der Waals surface area (Å²) in [5, 5.41) is 6.76. The molecular formula is C26H29N4OSi+. The summed E-state index contributed by atoms with van der Waals surface area (Å²) in [5.74, 6) is 0.610. The zero-order valence-corrected chi connectivity index (χ0v) is 20.8. The van der Waals surface area contributed by atoms with Gasteiger partial charge >= 0.3 is 0 Å². The fourth-order valence-electron chi connectivity index (χ4n) is 4.80. The molecule has 0 unspecified atom stereocenters. The second kappa shape index (κ2) is 7.97. The van der Waals surface area contributed by atoms with Gasteiger partial charge in [0.2, 0.25) is 0 Å². The van der Waals surface area contributed by atoms with Crippen molar-refractivity contribution in [2.45, 2.75) is 26.9 Å². The van der Waals surface area contributed by atoms with E-state index in [4.69, 9.17) is 10.3 Å². The molecule has 162 valence electrons. The van der Waals surface area contributed by atoms with Crippen LogP contribution >= 0.6 is 0 Å². The summed E-state index contributed by atoms with van der Waals surface area (Å²) in [6.07, 6.45) is 6.77. The molecule has 0 spiro atoms. The summed E-state index contributed by atoms with van der Waals surface area (Å²) < 4.78 is 7.98. The van der Waals surface area contributed by atoms with E-state index >= 15 is 0 Å². The molecule has 1 aliphatic heterocycles. The Bertz CT molecular complexity index is 1320. The Morgan fingerprint density at radius 2 is 1.75 bits per heavy atom. The third-order valence-electron chi connectivity index (χ3n) is 6.42. The summed E-state index contributed by atoms with van der Waals surface area (Å²) in [6, 6.07) is 10.8. The number of azide groups is 1. The molecular weight excluding hydrogens is 412 g/mol. The number of methoxy groups -OCH3 is 1. The van der Waals surface area contributed by atoms with E-state index in [0.29, 0.717) is 11.4 Å². The smallest absolute Gasteiger partial charge is 0.199 e. The first-order valence-corrected chi connectivity index (χ1v) is 13.7. The number of nitrogens with zero attached hydrogens (tertiary/aromatic N) is 4. The van der Waals surface area contributed by atoms with Gasteiger partial charge in [-0.2, -0.15) is 0 Å². The largest absolute Gasteiger partial charge is 0.496 e. The molecule has 4 rings (SSSR count). The van der Waals surface area contributed by atoms with Crippen LogP contribution in [0.2, 0.25) is 13.1 Å². The minimum absolute atomic E-state index is 0.514. The van der Waals surface area contributed by atoms with Gasteiger partial charge in [0.25, 0.3) is 0 Å². The molecule has 0 saturated heterocycles. The van der Waals surface area contributed by atoms with Crippen LogP contribution in [0.1, 0.15) is 22.3 Å². The van der Waals surface area contributed by atoms with Gasteiger partial charge in [-0.1, -0.05) is 42.0 Å². The van der Waals surface area contributed by atoms with Crippen molar-refractivity contribution in [1.82, 2.24) is 0 Å². The molecule has 0 aromatic heterocycles. The maximum absolute atomic E-state index is 9.13. The molecule has 0 amide bonds.